The molecule has 2 rings (SSSR count). The predicted molar refractivity (Wildman–Crippen MR) is 96.5 cm³/mol. The predicted octanol–water partition coefficient (Wildman–Crippen LogP) is 5.01. The van der Waals surface area contributed by atoms with Gasteiger partial charge in [-0.3, -0.25) is 4.57 Å². The van der Waals surface area contributed by atoms with Gasteiger partial charge in [0.1, 0.15) is 0 Å². The van der Waals surface area contributed by atoms with Crippen LogP contribution in [-0.4, -0.2) is 28.1 Å². The van der Waals surface area contributed by atoms with E-state index in [2.05, 4.69) is 4.99 Å². The van der Waals surface area contributed by atoms with Gasteiger partial charge in [0.2, 0.25) is 0 Å². The van der Waals surface area contributed by atoms with Crippen LogP contribution in [0.2, 0.25) is 0 Å². The Balaban J connectivity index is 2.43. The molecule has 0 unspecified atom stereocenters. The first-order chi connectivity index (χ1) is 12.1. The second kappa shape index (κ2) is 8.07. The van der Waals surface area contributed by atoms with Crippen LogP contribution in [-0.2, 0) is 6.18 Å². The highest BCUT2D eigenvalue weighted by Gasteiger charge is 2.30. The molecule has 0 aliphatic carbocycles. The summed E-state index contributed by atoms with van der Waals surface area (Å²) in [7, 11) is 0. The molecule has 0 aliphatic rings. The first-order valence-corrected chi connectivity index (χ1v) is 9.17. The zero-order valence-electron chi connectivity index (χ0n) is 15.2. The van der Waals surface area contributed by atoms with Crippen LogP contribution in [0.5, 0.6) is 0 Å². The van der Waals surface area contributed by atoms with E-state index in [9.17, 15) is 18.0 Å². The van der Waals surface area contributed by atoms with E-state index in [1.165, 1.54) is 23.5 Å². The quantitative estimate of drug-likeness (QED) is 0.729. The van der Waals surface area contributed by atoms with Crippen LogP contribution in [0.1, 0.15) is 37.6 Å². The van der Waals surface area contributed by atoms with Crippen molar-refractivity contribution in [1.29, 1.82) is 0 Å². The Morgan fingerprint density at radius 3 is 2.38 bits per heavy atom. The molecule has 2 aromatic rings. The number of hydrogen-bond donors (Lipinski definition) is 0. The van der Waals surface area contributed by atoms with E-state index in [-0.39, 0.29) is 12.1 Å². The van der Waals surface area contributed by atoms with Crippen molar-refractivity contribution in [2.45, 2.75) is 46.3 Å². The van der Waals surface area contributed by atoms with Crippen molar-refractivity contribution in [2.24, 2.45) is 4.99 Å². The number of carbonyl (C=O) groups is 1. The van der Waals surface area contributed by atoms with Crippen molar-refractivity contribution in [1.82, 2.24) is 9.47 Å². The number of nitrogens with zero attached hydrogens (tertiary/aromatic N) is 3. The van der Waals surface area contributed by atoms with Crippen molar-refractivity contribution >= 4 is 17.4 Å². The van der Waals surface area contributed by atoms with Crippen LogP contribution in [0.4, 0.5) is 18.0 Å². The largest absolute Gasteiger partial charge is 0.416 e. The molecule has 0 radical (unpaired) electrons. The molecule has 0 aliphatic heterocycles. The first-order valence-electron chi connectivity index (χ1n) is 8.35. The number of benzene rings is 1. The molecular weight excluding hydrogens is 363 g/mol. The van der Waals surface area contributed by atoms with Gasteiger partial charge in [0.15, 0.2) is 4.80 Å². The third-order valence-electron chi connectivity index (χ3n) is 3.77. The molecule has 0 bridgehead atoms. The molecule has 0 atom stereocenters. The normalized spacial score (nSPS) is 12.7. The molecular formula is C18H22F3N3OS. The summed E-state index contributed by atoms with van der Waals surface area (Å²) in [6.07, 6.45) is -1.80. The number of aryl methyl sites for hydroxylation is 1. The van der Waals surface area contributed by atoms with Gasteiger partial charge in [0.05, 0.1) is 5.56 Å². The van der Waals surface area contributed by atoms with Crippen LogP contribution in [0.25, 0.3) is 5.69 Å². The van der Waals surface area contributed by atoms with Crippen molar-refractivity contribution in [3.8, 4) is 5.69 Å². The van der Waals surface area contributed by atoms with Crippen LogP contribution in [0.15, 0.2) is 35.5 Å². The van der Waals surface area contributed by atoms with Crippen LogP contribution in [0, 0.1) is 6.92 Å². The summed E-state index contributed by atoms with van der Waals surface area (Å²) in [5.41, 5.74) is -0.183. The molecule has 0 spiro atoms. The van der Waals surface area contributed by atoms with E-state index >= 15 is 0 Å². The minimum Gasteiger partial charge on any atom is -0.320 e. The van der Waals surface area contributed by atoms with Crippen LogP contribution < -0.4 is 4.80 Å². The number of alkyl halides is 3. The first kappa shape index (κ1) is 20.2. The fraction of sp³-hybridized carbons (Fsp3) is 0.444. The van der Waals surface area contributed by atoms with E-state index in [1.54, 1.807) is 15.7 Å². The summed E-state index contributed by atoms with van der Waals surface area (Å²) in [6.45, 7) is 8.30. The third-order valence-corrected chi connectivity index (χ3v) is 4.66. The lowest BCUT2D eigenvalue weighted by Gasteiger charge is -2.23. The summed E-state index contributed by atoms with van der Waals surface area (Å²) >= 11 is 1.32. The van der Waals surface area contributed by atoms with E-state index < -0.39 is 11.7 Å². The lowest BCUT2D eigenvalue weighted by molar-refractivity contribution is -0.137. The van der Waals surface area contributed by atoms with Gasteiger partial charge < -0.3 is 4.90 Å². The minimum absolute atomic E-state index is 0.0202. The smallest absolute Gasteiger partial charge is 0.320 e. The highest BCUT2D eigenvalue weighted by molar-refractivity contribution is 7.09. The molecule has 26 heavy (non-hydrogen) atoms. The highest BCUT2D eigenvalue weighted by Crippen LogP contribution is 2.29. The number of rotatable bonds is 4. The van der Waals surface area contributed by atoms with Crippen molar-refractivity contribution in [3.63, 3.8) is 0 Å². The van der Waals surface area contributed by atoms with E-state index in [0.29, 0.717) is 17.0 Å². The molecule has 1 heterocycles. The SMILES string of the molecule is CCCN(C(=O)/N=c1\sc(C)cn1-c1ccc(C(F)(F)F)cc1)C(C)C. The Kier molecular flexibility index (Phi) is 6.28. The molecule has 0 N–H and O–H groups in total. The Morgan fingerprint density at radius 1 is 1.27 bits per heavy atom. The Morgan fingerprint density at radius 2 is 1.88 bits per heavy atom. The minimum atomic E-state index is -4.38. The van der Waals surface area contributed by atoms with Gasteiger partial charge in [0, 0.05) is 29.3 Å². The molecule has 2 amide bonds. The molecule has 1 aromatic heterocycles. The van der Waals surface area contributed by atoms with Gasteiger partial charge in [-0.25, -0.2) is 4.79 Å². The topological polar surface area (TPSA) is 37.6 Å². The van der Waals surface area contributed by atoms with Crippen LogP contribution >= 0.6 is 11.3 Å². The number of aromatic nitrogens is 1. The number of halogens is 3. The maximum atomic E-state index is 12.7. The molecule has 142 valence electrons. The zero-order valence-corrected chi connectivity index (χ0v) is 16.0. The zero-order chi connectivity index (χ0) is 19.5. The molecule has 1 aromatic carbocycles. The maximum Gasteiger partial charge on any atom is 0.416 e. The molecule has 8 heteroatoms. The molecule has 0 fully saturated rings. The fourth-order valence-electron chi connectivity index (χ4n) is 2.49. The molecule has 0 saturated carbocycles. The van der Waals surface area contributed by atoms with Gasteiger partial charge in [-0.05, 0) is 51.5 Å². The fourth-order valence-corrected chi connectivity index (χ4v) is 3.32. The maximum absolute atomic E-state index is 12.7. The lowest BCUT2D eigenvalue weighted by atomic mass is 10.2. The summed E-state index contributed by atoms with van der Waals surface area (Å²) in [5, 5.41) is 0. The van der Waals surface area contributed by atoms with Crippen LogP contribution in [0.3, 0.4) is 0 Å². The second-order valence-electron chi connectivity index (χ2n) is 6.22. The van der Waals surface area contributed by atoms with E-state index in [1.807, 2.05) is 27.7 Å². The number of amides is 2. The molecule has 4 nitrogen and oxygen atoms in total. The van der Waals surface area contributed by atoms with Gasteiger partial charge in [0.25, 0.3) is 0 Å². The summed E-state index contributed by atoms with van der Waals surface area (Å²) in [4.78, 5) is 19.8. The van der Waals surface area contributed by atoms with Gasteiger partial charge >= 0.3 is 12.2 Å². The lowest BCUT2D eigenvalue weighted by Crippen LogP contribution is -2.36. The number of hydrogen-bond acceptors (Lipinski definition) is 2. The average Bonchev–Trinajstić information content (AvgIpc) is 2.91. The van der Waals surface area contributed by atoms with Gasteiger partial charge in [-0.15, -0.1) is 11.3 Å². The third kappa shape index (κ3) is 4.75. The van der Waals surface area contributed by atoms with Crippen molar-refractivity contribution < 1.29 is 18.0 Å². The number of carbonyl (C=O) groups excluding carboxylic acids is 1. The number of urea groups is 1. The average molecular weight is 385 g/mol. The Labute approximate surface area is 154 Å². The van der Waals surface area contributed by atoms with Crippen molar-refractivity contribution in [2.75, 3.05) is 6.54 Å². The highest BCUT2D eigenvalue weighted by atomic mass is 32.1. The monoisotopic (exact) mass is 385 g/mol. The standard InChI is InChI=1S/C18H22F3N3OS/c1-5-10-23(12(2)3)16(25)22-17-24(11-13(4)26-17)15-8-6-14(7-9-15)18(19,20)21/h6-9,11-12H,5,10H2,1-4H3/b22-17-. The summed E-state index contributed by atoms with van der Waals surface area (Å²) < 4.78 is 39.9. The van der Waals surface area contributed by atoms with E-state index in [0.717, 1.165) is 23.4 Å². The Bertz CT molecular complexity index is 819. The summed E-state index contributed by atoms with van der Waals surface area (Å²) in [5.74, 6) is 0. The van der Waals surface area contributed by atoms with E-state index in [4.69, 9.17) is 0 Å². The van der Waals surface area contributed by atoms with Gasteiger partial charge in [-0.2, -0.15) is 18.2 Å². The summed E-state index contributed by atoms with van der Waals surface area (Å²) in [6, 6.07) is 4.49. The molecule has 0 saturated heterocycles. The van der Waals surface area contributed by atoms with Crippen molar-refractivity contribution in [3.05, 3.63) is 45.7 Å². The number of thiazole rings is 1. The second-order valence-corrected chi connectivity index (χ2v) is 7.43. The Hall–Kier alpha value is -2.09. The van der Waals surface area contributed by atoms with Gasteiger partial charge in [-0.1, -0.05) is 6.92 Å².